The SMILES string of the molecule is COc1cc2c(c(OC)c1OC)-c1ccc(NCCCCCC(=O)O)c(=O)cc1[C@@H](NC(C)=O)CC2. The van der Waals surface area contributed by atoms with Gasteiger partial charge in [-0.3, -0.25) is 14.4 Å². The predicted molar refractivity (Wildman–Crippen MR) is 137 cm³/mol. The molecule has 0 unspecified atom stereocenters. The van der Waals surface area contributed by atoms with Crippen LogP contribution in [0, 0.1) is 0 Å². The molecule has 0 spiro atoms. The molecule has 1 aliphatic rings. The van der Waals surface area contributed by atoms with Crippen LogP contribution in [0.5, 0.6) is 17.2 Å². The first-order valence-corrected chi connectivity index (χ1v) is 12.0. The average molecular weight is 499 g/mol. The molecule has 194 valence electrons. The van der Waals surface area contributed by atoms with Gasteiger partial charge in [0.2, 0.25) is 17.1 Å². The Morgan fingerprint density at radius 3 is 2.42 bits per heavy atom. The lowest BCUT2D eigenvalue weighted by molar-refractivity contribution is -0.137. The van der Waals surface area contributed by atoms with Crippen molar-refractivity contribution in [3.05, 3.63) is 45.6 Å². The van der Waals surface area contributed by atoms with Gasteiger partial charge in [0.1, 0.15) is 0 Å². The Morgan fingerprint density at radius 2 is 1.78 bits per heavy atom. The van der Waals surface area contributed by atoms with Crippen LogP contribution in [0.3, 0.4) is 0 Å². The summed E-state index contributed by atoms with van der Waals surface area (Å²) in [5.41, 5.74) is 3.47. The number of carbonyl (C=O) groups excluding carboxylic acids is 1. The molecule has 0 aliphatic heterocycles. The van der Waals surface area contributed by atoms with Crippen LogP contribution in [-0.4, -0.2) is 44.9 Å². The van der Waals surface area contributed by atoms with E-state index in [0.29, 0.717) is 54.3 Å². The molecular formula is C27H34N2O7. The van der Waals surface area contributed by atoms with Crippen molar-refractivity contribution in [1.29, 1.82) is 0 Å². The Morgan fingerprint density at radius 1 is 1.03 bits per heavy atom. The summed E-state index contributed by atoms with van der Waals surface area (Å²) < 4.78 is 16.9. The quantitative estimate of drug-likeness (QED) is 0.399. The smallest absolute Gasteiger partial charge is 0.303 e. The van der Waals surface area contributed by atoms with Crippen LogP contribution in [0.2, 0.25) is 0 Å². The Labute approximate surface area is 210 Å². The van der Waals surface area contributed by atoms with Crippen molar-refractivity contribution in [3.8, 4) is 28.4 Å². The molecule has 0 saturated heterocycles. The van der Waals surface area contributed by atoms with E-state index in [0.717, 1.165) is 29.5 Å². The first-order chi connectivity index (χ1) is 17.3. The number of nitrogens with one attached hydrogen (secondary N) is 2. The van der Waals surface area contributed by atoms with E-state index in [1.54, 1.807) is 33.5 Å². The first kappa shape index (κ1) is 26.8. The zero-order chi connectivity index (χ0) is 26.2. The van der Waals surface area contributed by atoms with E-state index in [1.165, 1.54) is 6.92 Å². The van der Waals surface area contributed by atoms with Crippen LogP contribution < -0.4 is 30.3 Å². The highest BCUT2D eigenvalue weighted by atomic mass is 16.5. The number of rotatable bonds is 11. The lowest BCUT2D eigenvalue weighted by atomic mass is 9.95. The molecule has 9 nitrogen and oxygen atoms in total. The number of unbranched alkanes of at least 4 members (excludes halogenated alkanes) is 2. The van der Waals surface area contributed by atoms with Crippen LogP contribution in [0.1, 0.15) is 56.2 Å². The predicted octanol–water partition coefficient (Wildman–Crippen LogP) is 3.92. The van der Waals surface area contributed by atoms with Gasteiger partial charge in [0.15, 0.2) is 11.5 Å². The number of anilines is 1. The molecule has 36 heavy (non-hydrogen) atoms. The maximum atomic E-state index is 13.2. The summed E-state index contributed by atoms with van der Waals surface area (Å²) in [6, 6.07) is 6.74. The largest absolute Gasteiger partial charge is 0.493 e. The highest BCUT2D eigenvalue weighted by Gasteiger charge is 2.29. The number of fused-ring (bicyclic) bond motifs is 3. The second-order valence-corrected chi connectivity index (χ2v) is 8.73. The molecule has 0 saturated carbocycles. The highest BCUT2D eigenvalue weighted by molar-refractivity contribution is 5.83. The number of hydrogen-bond acceptors (Lipinski definition) is 7. The topological polar surface area (TPSA) is 123 Å². The van der Waals surface area contributed by atoms with E-state index in [4.69, 9.17) is 19.3 Å². The van der Waals surface area contributed by atoms with E-state index < -0.39 is 5.97 Å². The summed E-state index contributed by atoms with van der Waals surface area (Å²) in [4.78, 5) is 35.9. The summed E-state index contributed by atoms with van der Waals surface area (Å²) >= 11 is 0. The van der Waals surface area contributed by atoms with Gasteiger partial charge in [0.05, 0.1) is 33.1 Å². The van der Waals surface area contributed by atoms with E-state index >= 15 is 0 Å². The van der Waals surface area contributed by atoms with Crippen molar-refractivity contribution in [1.82, 2.24) is 5.32 Å². The number of hydrogen-bond donors (Lipinski definition) is 3. The van der Waals surface area contributed by atoms with Crippen LogP contribution in [0.25, 0.3) is 11.1 Å². The number of benzene rings is 1. The van der Waals surface area contributed by atoms with Gasteiger partial charge in [-0.1, -0.05) is 12.5 Å². The first-order valence-electron chi connectivity index (χ1n) is 12.0. The standard InChI is InChI=1S/C27H34N2O7/c1-16(30)29-20-11-9-17-14-23(34-2)26(35-3)27(36-4)25(17)18-10-12-21(22(31)15-19(18)20)28-13-7-5-6-8-24(32)33/h10,12,14-15,20H,5-9,11,13H2,1-4H3,(H,28,31)(H,29,30)(H,32,33)/t20-/m0/s1. The fourth-order valence-electron chi connectivity index (χ4n) is 4.65. The van der Waals surface area contributed by atoms with Crippen LogP contribution in [0.4, 0.5) is 5.69 Å². The van der Waals surface area contributed by atoms with E-state index in [-0.39, 0.29) is 23.8 Å². The van der Waals surface area contributed by atoms with Crippen molar-refractivity contribution >= 4 is 17.6 Å². The lowest BCUT2D eigenvalue weighted by Crippen LogP contribution is -2.26. The number of carboxylic acids is 1. The highest BCUT2D eigenvalue weighted by Crippen LogP contribution is 2.50. The molecule has 1 aliphatic carbocycles. The summed E-state index contributed by atoms with van der Waals surface area (Å²) in [7, 11) is 4.67. The molecule has 9 heteroatoms. The molecular weight excluding hydrogens is 464 g/mol. The number of carboxylic acid groups (broad SMARTS) is 1. The summed E-state index contributed by atoms with van der Waals surface area (Å²) in [5.74, 6) is 0.514. The van der Waals surface area contributed by atoms with E-state index in [9.17, 15) is 14.4 Å². The lowest BCUT2D eigenvalue weighted by Gasteiger charge is -2.19. The molecule has 0 fully saturated rings. The number of ether oxygens (including phenoxy) is 3. The fraction of sp³-hybridized carbons (Fsp3) is 0.444. The third-order valence-electron chi connectivity index (χ3n) is 6.30. The van der Waals surface area contributed by atoms with Gasteiger partial charge >= 0.3 is 5.97 Å². The van der Waals surface area contributed by atoms with Gasteiger partial charge in [-0.05, 0) is 60.6 Å². The molecule has 3 rings (SSSR count). The Kier molecular flexibility index (Phi) is 9.16. The van der Waals surface area contributed by atoms with Gasteiger partial charge in [-0.15, -0.1) is 0 Å². The Bertz CT molecular complexity index is 1180. The van der Waals surface area contributed by atoms with Crippen molar-refractivity contribution in [3.63, 3.8) is 0 Å². The molecule has 0 radical (unpaired) electrons. The molecule has 0 bridgehead atoms. The maximum absolute atomic E-state index is 13.2. The number of aryl methyl sites for hydroxylation is 1. The van der Waals surface area contributed by atoms with Gasteiger partial charge in [-0.2, -0.15) is 0 Å². The number of carbonyl (C=O) groups is 2. The number of amides is 1. The molecule has 2 aromatic carbocycles. The Hall–Kier alpha value is -3.75. The average Bonchev–Trinajstić information content (AvgIpc) is 3.08. The van der Waals surface area contributed by atoms with E-state index in [2.05, 4.69) is 10.6 Å². The van der Waals surface area contributed by atoms with Crippen LogP contribution >= 0.6 is 0 Å². The molecule has 0 aromatic heterocycles. The Balaban J connectivity index is 2.08. The maximum Gasteiger partial charge on any atom is 0.303 e. The molecule has 1 atom stereocenters. The zero-order valence-corrected chi connectivity index (χ0v) is 21.2. The van der Waals surface area contributed by atoms with Gasteiger partial charge in [-0.25, -0.2) is 0 Å². The molecule has 2 aromatic rings. The minimum atomic E-state index is -0.805. The van der Waals surface area contributed by atoms with Gasteiger partial charge in [0.25, 0.3) is 0 Å². The second-order valence-electron chi connectivity index (χ2n) is 8.73. The normalized spacial score (nSPS) is 14.1. The molecule has 0 heterocycles. The van der Waals surface area contributed by atoms with Crippen molar-refractivity contribution in [2.24, 2.45) is 0 Å². The van der Waals surface area contributed by atoms with E-state index in [1.807, 2.05) is 12.1 Å². The molecule has 3 N–H and O–H groups in total. The van der Waals surface area contributed by atoms with Crippen molar-refractivity contribution in [2.45, 2.75) is 51.5 Å². The number of methoxy groups -OCH3 is 3. The minimum absolute atomic E-state index is 0.139. The van der Waals surface area contributed by atoms with Crippen molar-refractivity contribution < 1.29 is 28.9 Å². The zero-order valence-electron chi connectivity index (χ0n) is 21.2. The monoisotopic (exact) mass is 498 g/mol. The summed E-state index contributed by atoms with van der Waals surface area (Å²) in [6.45, 7) is 2.01. The molecule has 1 amide bonds. The van der Waals surface area contributed by atoms with Crippen LogP contribution in [-0.2, 0) is 16.0 Å². The van der Waals surface area contributed by atoms with Crippen molar-refractivity contribution in [2.75, 3.05) is 33.2 Å². The minimum Gasteiger partial charge on any atom is -0.493 e. The van der Waals surface area contributed by atoms with Gasteiger partial charge < -0.3 is 30.0 Å². The third kappa shape index (κ3) is 6.08. The number of aliphatic carboxylic acids is 1. The fourth-order valence-corrected chi connectivity index (χ4v) is 4.65. The summed E-state index contributed by atoms with van der Waals surface area (Å²) in [6.07, 6.45) is 3.45. The van der Waals surface area contributed by atoms with Gasteiger partial charge in [0, 0.05) is 25.5 Å². The van der Waals surface area contributed by atoms with Crippen LogP contribution in [0.15, 0.2) is 29.1 Å². The second kappa shape index (κ2) is 12.3. The summed E-state index contributed by atoms with van der Waals surface area (Å²) in [5, 5.41) is 15.0. The third-order valence-corrected chi connectivity index (χ3v) is 6.30.